The molecule has 7 heteroatoms. The highest BCUT2D eigenvalue weighted by Gasteiger charge is 2.09. The van der Waals surface area contributed by atoms with Crippen LogP contribution in [0, 0.1) is 5.82 Å². The predicted octanol–water partition coefficient (Wildman–Crippen LogP) is 2.36. The first-order chi connectivity index (χ1) is 8.61. The molecule has 18 heavy (non-hydrogen) atoms. The Kier molecular flexibility index (Phi) is 4.21. The van der Waals surface area contributed by atoms with E-state index in [-0.39, 0.29) is 5.82 Å². The maximum Gasteiger partial charge on any atom is 0.191 e. The summed E-state index contributed by atoms with van der Waals surface area (Å²) in [4.78, 5) is 0. The summed E-state index contributed by atoms with van der Waals surface area (Å²) in [6.45, 7) is 0.333. The van der Waals surface area contributed by atoms with Gasteiger partial charge in [-0.15, -0.1) is 10.2 Å². The number of nitrogens with zero attached hydrogens (tertiary/aromatic N) is 3. The van der Waals surface area contributed by atoms with Crippen LogP contribution in [0.3, 0.4) is 0 Å². The Balaban J connectivity index is 2.09. The van der Waals surface area contributed by atoms with Crippen LogP contribution >= 0.6 is 23.4 Å². The largest absolute Gasteiger partial charge is 0.324 e. The molecule has 0 saturated carbocycles. The SMILES string of the molecule is Cn1c(CN)nnc1SCc1ccc(Cl)cc1F. The van der Waals surface area contributed by atoms with Crippen molar-refractivity contribution >= 4 is 23.4 Å². The Hall–Kier alpha value is -1.11. The van der Waals surface area contributed by atoms with Gasteiger partial charge in [0.05, 0.1) is 6.54 Å². The normalized spacial score (nSPS) is 10.9. The molecule has 4 nitrogen and oxygen atoms in total. The maximum atomic E-state index is 13.6. The molecular formula is C11H12ClFN4S. The van der Waals surface area contributed by atoms with Crippen molar-refractivity contribution in [2.24, 2.45) is 12.8 Å². The van der Waals surface area contributed by atoms with E-state index < -0.39 is 0 Å². The number of thioether (sulfide) groups is 1. The smallest absolute Gasteiger partial charge is 0.191 e. The van der Waals surface area contributed by atoms with Crippen molar-refractivity contribution in [2.75, 3.05) is 0 Å². The molecule has 1 aromatic heterocycles. The third-order valence-electron chi connectivity index (χ3n) is 2.48. The van der Waals surface area contributed by atoms with E-state index in [1.807, 2.05) is 7.05 Å². The van der Waals surface area contributed by atoms with E-state index in [4.69, 9.17) is 17.3 Å². The van der Waals surface area contributed by atoms with Crippen molar-refractivity contribution in [2.45, 2.75) is 17.5 Å². The van der Waals surface area contributed by atoms with Crippen LogP contribution in [0.1, 0.15) is 11.4 Å². The molecule has 1 heterocycles. The summed E-state index contributed by atoms with van der Waals surface area (Å²) in [5.74, 6) is 0.866. The highest BCUT2D eigenvalue weighted by molar-refractivity contribution is 7.98. The van der Waals surface area contributed by atoms with Gasteiger partial charge in [-0.25, -0.2) is 4.39 Å². The molecule has 96 valence electrons. The first-order valence-corrected chi connectivity index (χ1v) is 6.63. The Bertz CT molecular complexity index is 558. The molecule has 0 atom stereocenters. The lowest BCUT2D eigenvalue weighted by molar-refractivity contribution is 0.617. The number of nitrogens with two attached hydrogens (primary N) is 1. The van der Waals surface area contributed by atoms with Crippen molar-refractivity contribution in [1.29, 1.82) is 0 Å². The van der Waals surface area contributed by atoms with Gasteiger partial charge in [0.1, 0.15) is 11.6 Å². The first kappa shape index (κ1) is 13.3. The standard InChI is InChI=1S/C11H12ClFN4S/c1-17-10(5-14)15-16-11(17)18-6-7-2-3-8(12)4-9(7)13/h2-4H,5-6,14H2,1H3. The maximum absolute atomic E-state index is 13.6. The molecule has 0 aliphatic carbocycles. The summed E-state index contributed by atoms with van der Waals surface area (Å²) in [7, 11) is 1.84. The summed E-state index contributed by atoms with van der Waals surface area (Å²) in [6, 6.07) is 4.65. The number of hydrogen-bond donors (Lipinski definition) is 1. The average Bonchev–Trinajstić information content (AvgIpc) is 2.69. The van der Waals surface area contributed by atoms with Crippen LogP contribution in [0.5, 0.6) is 0 Å². The zero-order valence-corrected chi connectivity index (χ0v) is 11.3. The van der Waals surface area contributed by atoms with Crippen molar-refractivity contribution in [1.82, 2.24) is 14.8 Å². The minimum atomic E-state index is -0.309. The van der Waals surface area contributed by atoms with E-state index in [0.717, 1.165) is 0 Å². The summed E-state index contributed by atoms with van der Waals surface area (Å²) >= 11 is 7.10. The minimum absolute atomic E-state index is 0.309. The number of benzene rings is 1. The molecule has 0 amide bonds. The van der Waals surface area contributed by atoms with Gasteiger partial charge in [-0.3, -0.25) is 0 Å². The number of aromatic nitrogens is 3. The Labute approximate surface area is 113 Å². The van der Waals surface area contributed by atoms with E-state index in [0.29, 0.717) is 33.9 Å². The Morgan fingerprint density at radius 1 is 1.44 bits per heavy atom. The summed E-state index contributed by atoms with van der Waals surface area (Å²) in [5.41, 5.74) is 6.09. The van der Waals surface area contributed by atoms with E-state index in [9.17, 15) is 4.39 Å². The third kappa shape index (κ3) is 2.82. The van der Waals surface area contributed by atoms with Crippen LogP contribution in [0.2, 0.25) is 5.02 Å². The summed E-state index contributed by atoms with van der Waals surface area (Å²) < 4.78 is 15.4. The molecule has 0 saturated heterocycles. The van der Waals surface area contributed by atoms with Crippen LogP contribution in [0.4, 0.5) is 4.39 Å². The van der Waals surface area contributed by atoms with Gasteiger partial charge in [-0.1, -0.05) is 29.4 Å². The average molecular weight is 287 g/mol. The second-order valence-corrected chi connectivity index (χ2v) is 5.07. The monoisotopic (exact) mass is 286 g/mol. The highest BCUT2D eigenvalue weighted by Crippen LogP contribution is 2.24. The second-order valence-electron chi connectivity index (χ2n) is 3.69. The fraction of sp³-hybridized carbons (Fsp3) is 0.273. The summed E-state index contributed by atoms with van der Waals surface area (Å²) in [6.07, 6.45) is 0. The quantitative estimate of drug-likeness (QED) is 0.877. The van der Waals surface area contributed by atoms with Gasteiger partial charge in [0.15, 0.2) is 5.16 Å². The van der Waals surface area contributed by atoms with Crippen molar-refractivity contribution in [3.63, 3.8) is 0 Å². The molecular weight excluding hydrogens is 275 g/mol. The molecule has 0 unspecified atom stereocenters. The van der Waals surface area contributed by atoms with Crippen LogP contribution in [0.25, 0.3) is 0 Å². The van der Waals surface area contributed by atoms with E-state index in [2.05, 4.69) is 10.2 Å². The highest BCUT2D eigenvalue weighted by atomic mass is 35.5. The summed E-state index contributed by atoms with van der Waals surface area (Å²) in [5, 5.41) is 9.04. The topological polar surface area (TPSA) is 56.7 Å². The third-order valence-corrected chi connectivity index (χ3v) is 3.78. The van der Waals surface area contributed by atoms with Gasteiger partial charge in [-0.05, 0) is 17.7 Å². The molecule has 0 aliphatic heterocycles. The second kappa shape index (κ2) is 5.69. The molecule has 2 N–H and O–H groups in total. The van der Waals surface area contributed by atoms with Crippen molar-refractivity contribution < 1.29 is 4.39 Å². The van der Waals surface area contributed by atoms with Crippen LogP contribution in [-0.4, -0.2) is 14.8 Å². The molecule has 0 fully saturated rings. The molecule has 1 aromatic carbocycles. The van der Waals surface area contributed by atoms with Crippen LogP contribution in [0.15, 0.2) is 23.4 Å². The lowest BCUT2D eigenvalue weighted by Gasteiger charge is -2.04. The van der Waals surface area contributed by atoms with Crippen LogP contribution < -0.4 is 5.73 Å². The predicted molar refractivity (Wildman–Crippen MR) is 69.9 cm³/mol. The number of halogens is 2. The van der Waals surface area contributed by atoms with E-state index in [1.165, 1.54) is 17.8 Å². The minimum Gasteiger partial charge on any atom is -0.324 e. The molecule has 0 bridgehead atoms. The van der Waals surface area contributed by atoms with Gasteiger partial charge in [0.2, 0.25) is 0 Å². The van der Waals surface area contributed by atoms with Gasteiger partial charge in [-0.2, -0.15) is 0 Å². The van der Waals surface area contributed by atoms with Crippen molar-refractivity contribution in [3.05, 3.63) is 40.4 Å². The van der Waals surface area contributed by atoms with Gasteiger partial charge >= 0.3 is 0 Å². The first-order valence-electron chi connectivity index (χ1n) is 5.27. The van der Waals surface area contributed by atoms with E-state index >= 15 is 0 Å². The van der Waals surface area contributed by atoms with E-state index in [1.54, 1.807) is 16.7 Å². The molecule has 0 aliphatic rings. The zero-order valence-electron chi connectivity index (χ0n) is 9.73. The Morgan fingerprint density at radius 3 is 2.83 bits per heavy atom. The fourth-order valence-electron chi connectivity index (χ4n) is 1.43. The molecule has 0 spiro atoms. The van der Waals surface area contributed by atoms with Crippen molar-refractivity contribution in [3.8, 4) is 0 Å². The fourth-order valence-corrected chi connectivity index (χ4v) is 2.50. The lowest BCUT2D eigenvalue weighted by Crippen LogP contribution is -2.05. The molecule has 2 rings (SSSR count). The molecule has 0 radical (unpaired) electrons. The Morgan fingerprint density at radius 2 is 2.22 bits per heavy atom. The van der Waals surface area contributed by atoms with Gasteiger partial charge < -0.3 is 10.3 Å². The lowest BCUT2D eigenvalue weighted by atomic mass is 10.2. The number of hydrogen-bond acceptors (Lipinski definition) is 4. The zero-order chi connectivity index (χ0) is 13.1. The number of rotatable bonds is 4. The van der Waals surface area contributed by atoms with Gasteiger partial charge in [0.25, 0.3) is 0 Å². The van der Waals surface area contributed by atoms with Crippen LogP contribution in [-0.2, 0) is 19.3 Å². The molecule has 2 aromatic rings. The van der Waals surface area contributed by atoms with Gasteiger partial charge in [0, 0.05) is 17.8 Å².